The van der Waals surface area contributed by atoms with Gasteiger partial charge in [-0.3, -0.25) is 4.79 Å². The van der Waals surface area contributed by atoms with Gasteiger partial charge in [-0.15, -0.1) is 0 Å². The van der Waals surface area contributed by atoms with E-state index in [1.165, 1.54) is 0 Å². The van der Waals surface area contributed by atoms with Crippen LogP contribution in [0.1, 0.15) is 21.5 Å². The van der Waals surface area contributed by atoms with E-state index in [1.54, 1.807) is 24.1 Å². The molecule has 2 aromatic rings. The summed E-state index contributed by atoms with van der Waals surface area (Å²) in [6.45, 7) is 2.45. The number of rotatable bonds is 3. The van der Waals surface area contributed by atoms with Crippen molar-refractivity contribution in [1.82, 2.24) is 4.90 Å². The topological polar surface area (TPSA) is 40.5 Å². The van der Waals surface area contributed by atoms with E-state index >= 15 is 0 Å². The number of phenols is 1. The predicted octanol–water partition coefficient (Wildman–Crippen LogP) is 2.97. The van der Waals surface area contributed by atoms with Crippen LogP contribution in [0.25, 0.3) is 0 Å². The van der Waals surface area contributed by atoms with Gasteiger partial charge in [0.2, 0.25) is 0 Å². The highest BCUT2D eigenvalue weighted by atomic mass is 16.3. The van der Waals surface area contributed by atoms with Crippen LogP contribution in [0.5, 0.6) is 5.75 Å². The number of hydrogen-bond donors (Lipinski definition) is 1. The molecule has 0 radical (unpaired) electrons. The quantitative estimate of drug-likeness (QED) is 0.916. The predicted molar refractivity (Wildman–Crippen MR) is 75.1 cm³/mol. The summed E-state index contributed by atoms with van der Waals surface area (Å²) in [5.41, 5.74) is 2.69. The second-order valence-electron chi connectivity index (χ2n) is 4.64. The zero-order chi connectivity index (χ0) is 13.8. The number of phenolic OH excluding ortho intramolecular Hbond substituents is 1. The minimum Gasteiger partial charge on any atom is -0.508 e. The van der Waals surface area contributed by atoms with Crippen molar-refractivity contribution in [3.63, 3.8) is 0 Å². The first kappa shape index (κ1) is 13.1. The molecule has 98 valence electrons. The molecule has 0 aliphatic rings. The second kappa shape index (κ2) is 5.57. The van der Waals surface area contributed by atoms with Gasteiger partial charge in [0.05, 0.1) is 0 Å². The number of aryl methyl sites for hydroxylation is 1. The average Bonchev–Trinajstić information content (AvgIpc) is 2.41. The van der Waals surface area contributed by atoms with Crippen molar-refractivity contribution in [1.29, 1.82) is 0 Å². The third-order valence-electron chi connectivity index (χ3n) is 3.08. The second-order valence-corrected chi connectivity index (χ2v) is 4.64. The maximum absolute atomic E-state index is 12.3. The molecule has 0 spiro atoms. The molecule has 0 heterocycles. The summed E-state index contributed by atoms with van der Waals surface area (Å²) < 4.78 is 0. The fourth-order valence-electron chi connectivity index (χ4n) is 1.97. The molecule has 3 nitrogen and oxygen atoms in total. The highest BCUT2D eigenvalue weighted by molar-refractivity contribution is 5.95. The largest absolute Gasteiger partial charge is 0.508 e. The zero-order valence-electron chi connectivity index (χ0n) is 11.1. The standard InChI is InChI=1S/C16H17NO2/c1-12-5-3-4-6-15(12)16(19)17(2)11-13-7-9-14(18)10-8-13/h3-10,18H,11H2,1-2H3. The lowest BCUT2D eigenvalue weighted by Crippen LogP contribution is -2.26. The summed E-state index contributed by atoms with van der Waals surface area (Å²) in [6, 6.07) is 14.4. The van der Waals surface area contributed by atoms with Crippen LogP contribution in [-0.4, -0.2) is 23.0 Å². The maximum Gasteiger partial charge on any atom is 0.254 e. The highest BCUT2D eigenvalue weighted by Crippen LogP contribution is 2.14. The molecule has 0 saturated heterocycles. The third-order valence-corrected chi connectivity index (χ3v) is 3.08. The van der Waals surface area contributed by atoms with Crippen LogP contribution in [0.4, 0.5) is 0 Å². The van der Waals surface area contributed by atoms with Crippen molar-refractivity contribution in [3.05, 3.63) is 65.2 Å². The van der Waals surface area contributed by atoms with E-state index in [0.717, 1.165) is 16.7 Å². The molecule has 0 unspecified atom stereocenters. The number of nitrogens with zero attached hydrogens (tertiary/aromatic N) is 1. The molecule has 2 rings (SSSR count). The summed E-state index contributed by atoms with van der Waals surface area (Å²) in [7, 11) is 1.78. The first-order chi connectivity index (χ1) is 9.08. The van der Waals surface area contributed by atoms with Crippen molar-refractivity contribution in [2.24, 2.45) is 0 Å². The van der Waals surface area contributed by atoms with Crippen LogP contribution < -0.4 is 0 Å². The Morgan fingerprint density at radius 1 is 1.11 bits per heavy atom. The van der Waals surface area contributed by atoms with Crippen molar-refractivity contribution in [2.75, 3.05) is 7.05 Å². The van der Waals surface area contributed by atoms with Crippen LogP contribution in [0, 0.1) is 6.92 Å². The monoisotopic (exact) mass is 255 g/mol. The fourth-order valence-corrected chi connectivity index (χ4v) is 1.97. The number of benzene rings is 2. The van der Waals surface area contributed by atoms with Crippen LogP contribution >= 0.6 is 0 Å². The Hall–Kier alpha value is -2.29. The van der Waals surface area contributed by atoms with E-state index in [4.69, 9.17) is 0 Å². The minimum absolute atomic E-state index is 0.00572. The van der Waals surface area contributed by atoms with E-state index in [-0.39, 0.29) is 11.7 Å². The van der Waals surface area contributed by atoms with Gasteiger partial charge in [-0.2, -0.15) is 0 Å². The van der Waals surface area contributed by atoms with Crippen LogP contribution in [-0.2, 0) is 6.54 Å². The number of hydrogen-bond acceptors (Lipinski definition) is 2. The van der Waals surface area contributed by atoms with E-state index < -0.39 is 0 Å². The maximum atomic E-state index is 12.3. The Morgan fingerprint density at radius 2 is 1.74 bits per heavy atom. The molecule has 19 heavy (non-hydrogen) atoms. The lowest BCUT2D eigenvalue weighted by Gasteiger charge is -2.18. The SMILES string of the molecule is Cc1ccccc1C(=O)N(C)Cc1ccc(O)cc1. The molecule has 0 bridgehead atoms. The molecule has 0 aliphatic heterocycles. The Bertz CT molecular complexity index is 576. The Labute approximate surface area is 113 Å². The van der Waals surface area contributed by atoms with E-state index in [1.807, 2.05) is 43.3 Å². The molecule has 0 aliphatic carbocycles. The molecule has 0 saturated carbocycles. The lowest BCUT2D eigenvalue weighted by molar-refractivity contribution is 0.0784. The summed E-state index contributed by atoms with van der Waals surface area (Å²) in [5, 5.41) is 9.23. The highest BCUT2D eigenvalue weighted by Gasteiger charge is 2.13. The molecular weight excluding hydrogens is 238 g/mol. The first-order valence-corrected chi connectivity index (χ1v) is 6.17. The zero-order valence-corrected chi connectivity index (χ0v) is 11.1. The van der Waals surface area contributed by atoms with Crippen molar-refractivity contribution in [3.8, 4) is 5.75 Å². The van der Waals surface area contributed by atoms with Crippen LogP contribution in [0.3, 0.4) is 0 Å². The summed E-state index contributed by atoms with van der Waals surface area (Å²) in [4.78, 5) is 14.0. The third kappa shape index (κ3) is 3.13. The Balaban J connectivity index is 2.12. The lowest BCUT2D eigenvalue weighted by atomic mass is 10.1. The summed E-state index contributed by atoms with van der Waals surface area (Å²) in [5.74, 6) is 0.239. The van der Waals surface area contributed by atoms with Gasteiger partial charge in [0.1, 0.15) is 5.75 Å². The Kier molecular flexibility index (Phi) is 3.85. The first-order valence-electron chi connectivity index (χ1n) is 6.17. The fraction of sp³-hybridized carbons (Fsp3) is 0.188. The van der Waals surface area contributed by atoms with Gasteiger partial charge in [0, 0.05) is 19.2 Å². The van der Waals surface area contributed by atoms with Crippen molar-refractivity contribution < 1.29 is 9.90 Å². The smallest absolute Gasteiger partial charge is 0.254 e. The number of amides is 1. The minimum atomic E-state index is 0.00572. The molecule has 0 fully saturated rings. The van der Waals surface area contributed by atoms with E-state index in [2.05, 4.69) is 0 Å². The molecule has 0 aromatic heterocycles. The van der Waals surface area contributed by atoms with Gasteiger partial charge in [0.15, 0.2) is 0 Å². The number of carbonyl (C=O) groups excluding carboxylic acids is 1. The van der Waals surface area contributed by atoms with Gasteiger partial charge in [-0.25, -0.2) is 0 Å². The van der Waals surface area contributed by atoms with E-state index in [0.29, 0.717) is 6.54 Å². The van der Waals surface area contributed by atoms with Gasteiger partial charge < -0.3 is 10.0 Å². The Morgan fingerprint density at radius 3 is 2.37 bits per heavy atom. The molecule has 1 amide bonds. The van der Waals surface area contributed by atoms with Crippen molar-refractivity contribution in [2.45, 2.75) is 13.5 Å². The summed E-state index contributed by atoms with van der Waals surface area (Å²) >= 11 is 0. The average molecular weight is 255 g/mol. The molecule has 0 atom stereocenters. The van der Waals surface area contributed by atoms with Gasteiger partial charge in [-0.05, 0) is 36.2 Å². The molecule has 1 N–H and O–H groups in total. The number of aromatic hydroxyl groups is 1. The normalized spacial score (nSPS) is 10.2. The molecule has 2 aromatic carbocycles. The summed E-state index contributed by atoms with van der Waals surface area (Å²) in [6.07, 6.45) is 0. The van der Waals surface area contributed by atoms with Gasteiger partial charge in [0.25, 0.3) is 5.91 Å². The van der Waals surface area contributed by atoms with Crippen LogP contribution in [0.15, 0.2) is 48.5 Å². The molecular formula is C16H17NO2. The van der Waals surface area contributed by atoms with Gasteiger partial charge >= 0.3 is 0 Å². The van der Waals surface area contributed by atoms with Gasteiger partial charge in [-0.1, -0.05) is 30.3 Å². The van der Waals surface area contributed by atoms with Crippen LogP contribution in [0.2, 0.25) is 0 Å². The van der Waals surface area contributed by atoms with Crippen molar-refractivity contribution >= 4 is 5.91 Å². The molecule has 3 heteroatoms. The number of carbonyl (C=O) groups is 1. The van der Waals surface area contributed by atoms with E-state index in [9.17, 15) is 9.90 Å².